The SMILES string of the molecule is CCSCCCOC(=O)c1cc(OC)c(OC)cc1N. The molecule has 1 aromatic carbocycles. The third-order valence-corrected chi connectivity index (χ3v) is 3.63. The number of carbonyl (C=O) groups excluding carboxylic acids is 1. The standard InChI is InChI=1S/C14H21NO4S/c1-4-20-7-5-6-19-14(16)10-8-12(17-2)13(18-3)9-11(10)15/h8-9H,4-7,15H2,1-3H3. The van der Waals surface area contributed by atoms with Gasteiger partial charge in [-0.05, 0) is 17.9 Å². The van der Waals surface area contributed by atoms with Crippen molar-refractivity contribution in [1.29, 1.82) is 0 Å². The minimum atomic E-state index is -0.440. The van der Waals surface area contributed by atoms with Gasteiger partial charge in [0.05, 0.1) is 32.1 Å². The quantitative estimate of drug-likeness (QED) is 0.452. The van der Waals surface area contributed by atoms with Gasteiger partial charge in [-0.15, -0.1) is 0 Å². The minimum absolute atomic E-state index is 0.297. The zero-order chi connectivity index (χ0) is 15.0. The van der Waals surface area contributed by atoms with Crippen molar-refractivity contribution in [3.05, 3.63) is 17.7 Å². The summed E-state index contributed by atoms with van der Waals surface area (Å²) < 4.78 is 15.5. The lowest BCUT2D eigenvalue weighted by molar-refractivity contribution is 0.0507. The molecule has 0 heterocycles. The van der Waals surface area contributed by atoms with Crippen LogP contribution in [0.2, 0.25) is 0 Å². The summed E-state index contributed by atoms with van der Waals surface area (Å²) in [5.41, 5.74) is 6.45. The van der Waals surface area contributed by atoms with E-state index in [1.165, 1.54) is 20.3 Å². The fourth-order valence-electron chi connectivity index (χ4n) is 1.62. The molecule has 0 aliphatic rings. The first kappa shape index (κ1) is 16.5. The Labute approximate surface area is 123 Å². The molecule has 0 radical (unpaired) electrons. The van der Waals surface area contributed by atoms with Crippen LogP contribution in [0.5, 0.6) is 11.5 Å². The number of nitrogen functional groups attached to an aromatic ring is 1. The van der Waals surface area contributed by atoms with E-state index in [1.54, 1.807) is 6.07 Å². The highest BCUT2D eigenvalue weighted by atomic mass is 32.2. The summed E-state index contributed by atoms with van der Waals surface area (Å²) in [4.78, 5) is 12.0. The minimum Gasteiger partial charge on any atom is -0.493 e. The first-order chi connectivity index (χ1) is 9.63. The number of carbonyl (C=O) groups is 1. The zero-order valence-corrected chi connectivity index (χ0v) is 12.9. The van der Waals surface area contributed by atoms with Gasteiger partial charge in [0, 0.05) is 12.1 Å². The maximum absolute atomic E-state index is 12.0. The van der Waals surface area contributed by atoms with E-state index < -0.39 is 5.97 Å². The van der Waals surface area contributed by atoms with Crippen molar-refractivity contribution in [3.8, 4) is 11.5 Å². The summed E-state index contributed by atoms with van der Waals surface area (Å²) in [5, 5.41) is 0. The Hall–Kier alpha value is -1.56. The second-order valence-electron chi connectivity index (χ2n) is 3.98. The molecule has 1 aromatic rings. The monoisotopic (exact) mass is 299 g/mol. The van der Waals surface area contributed by atoms with E-state index in [4.69, 9.17) is 19.9 Å². The molecule has 0 saturated heterocycles. The number of hydrogen-bond donors (Lipinski definition) is 1. The third-order valence-electron chi connectivity index (χ3n) is 2.65. The molecule has 0 atom stereocenters. The van der Waals surface area contributed by atoms with Crippen LogP contribution < -0.4 is 15.2 Å². The van der Waals surface area contributed by atoms with Crippen LogP contribution >= 0.6 is 11.8 Å². The zero-order valence-electron chi connectivity index (χ0n) is 12.1. The molecule has 5 nitrogen and oxygen atoms in total. The number of nitrogens with two attached hydrogens (primary N) is 1. The molecular weight excluding hydrogens is 278 g/mol. The van der Waals surface area contributed by atoms with Crippen LogP contribution in [0, 0.1) is 0 Å². The van der Waals surface area contributed by atoms with Crippen molar-refractivity contribution in [1.82, 2.24) is 0 Å². The highest BCUT2D eigenvalue weighted by molar-refractivity contribution is 7.99. The van der Waals surface area contributed by atoms with E-state index >= 15 is 0 Å². The number of thioether (sulfide) groups is 1. The molecule has 6 heteroatoms. The third kappa shape index (κ3) is 4.52. The maximum Gasteiger partial charge on any atom is 0.340 e. The number of ether oxygens (including phenoxy) is 3. The molecule has 0 amide bonds. The fourth-order valence-corrected chi connectivity index (χ4v) is 2.23. The molecule has 0 saturated carbocycles. The topological polar surface area (TPSA) is 70.8 Å². The fraction of sp³-hybridized carbons (Fsp3) is 0.500. The van der Waals surface area contributed by atoms with Crippen LogP contribution in [0.25, 0.3) is 0 Å². The van der Waals surface area contributed by atoms with Gasteiger partial charge in [-0.25, -0.2) is 4.79 Å². The first-order valence-corrected chi connectivity index (χ1v) is 7.55. The van der Waals surface area contributed by atoms with Gasteiger partial charge in [0.15, 0.2) is 11.5 Å². The number of esters is 1. The van der Waals surface area contributed by atoms with E-state index in [2.05, 4.69) is 6.92 Å². The molecule has 0 unspecified atom stereocenters. The highest BCUT2D eigenvalue weighted by Crippen LogP contribution is 2.32. The molecule has 0 bridgehead atoms. The van der Waals surface area contributed by atoms with Crippen LogP contribution in [-0.2, 0) is 4.74 Å². The second kappa shape index (κ2) is 8.58. The molecule has 0 aliphatic carbocycles. The molecule has 20 heavy (non-hydrogen) atoms. The Morgan fingerprint density at radius 1 is 1.25 bits per heavy atom. The number of rotatable bonds is 8. The summed E-state index contributed by atoms with van der Waals surface area (Å²) in [7, 11) is 3.02. The molecular formula is C14H21NO4S. The number of benzene rings is 1. The molecule has 2 N–H and O–H groups in total. The summed E-state index contributed by atoms with van der Waals surface area (Å²) in [6.07, 6.45) is 0.831. The normalized spacial score (nSPS) is 10.2. The van der Waals surface area contributed by atoms with Crippen molar-refractivity contribution in [2.24, 2.45) is 0 Å². The molecule has 0 aromatic heterocycles. The summed E-state index contributed by atoms with van der Waals surface area (Å²) >= 11 is 1.82. The van der Waals surface area contributed by atoms with Crippen LogP contribution in [0.4, 0.5) is 5.69 Å². The molecule has 0 fully saturated rings. The van der Waals surface area contributed by atoms with Gasteiger partial charge < -0.3 is 19.9 Å². The van der Waals surface area contributed by atoms with Gasteiger partial charge in [0.2, 0.25) is 0 Å². The van der Waals surface area contributed by atoms with E-state index in [-0.39, 0.29) is 0 Å². The van der Waals surface area contributed by atoms with E-state index in [9.17, 15) is 4.79 Å². The van der Waals surface area contributed by atoms with Crippen molar-refractivity contribution < 1.29 is 19.0 Å². The summed E-state index contributed by atoms with van der Waals surface area (Å²) in [6.45, 7) is 2.49. The van der Waals surface area contributed by atoms with Gasteiger partial charge in [0.1, 0.15) is 0 Å². The van der Waals surface area contributed by atoms with E-state index in [1.807, 2.05) is 11.8 Å². The average Bonchev–Trinajstić information content (AvgIpc) is 2.46. The van der Waals surface area contributed by atoms with Gasteiger partial charge in [-0.1, -0.05) is 6.92 Å². The predicted octanol–water partition coefficient (Wildman–Crippen LogP) is 2.59. The average molecular weight is 299 g/mol. The first-order valence-electron chi connectivity index (χ1n) is 6.40. The van der Waals surface area contributed by atoms with Crippen LogP contribution in [0.1, 0.15) is 23.7 Å². The van der Waals surface area contributed by atoms with Gasteiger partial charge in [-0.2, -0.15) is 11.8 Å². The highest BCUT2D eigenvalue weighted by Gasteiger charge is 2.16. The summed E-state index contributed by atoms with van der Waals surface area (Å²) in [6, 6.07) is 3.10. The lowest BCUT2D eigenvalue weighted by Crippen LogP contribution is -2.10. The van der Waals surface area contributed by atoms with Gasteiger partial charge in [0.25, 0.3) is 0 Å². The Morgan fingerprint density at radius 2 is 1.90 bits per heavy atom. The molecule has 1 rings (SSSR count). The van der Waals surface area contributed by atoms with Crippen LogP contribution in [-0.4, -0.2) is 38.3 Å². The summed E-state index contributed by atoms with van der Waals surface area (Å²) in [5.74, 6) is 2.54. The van der Waals surface area contributed by atoms with E-state index in [0.717, 1.165) is 17.9 Å². The Kier molecular flexibility index (Phi) is 7.08. The molecule has 112 valence electrons. The largest absolute Gasteiger partial charge is 0.493 e. The number of hydrogen-bond acceptors (Lipinski definition) is 6. The molecule has 0 spiro atoms. The Bertz CT molecular complexity index is 451. The van der Waals surface area contributed by atoms with Gasteiger partial charge in [-0.3, -0.25) is 0 Å². The maximum atomic E-state index is 12.0. The van der Waals surface area contributed by atoms with Crippen molar-refractivity contribution >= 4 is 23.4 Å². The Morgan fingerprint density at radius 3 is 2.50 bits per heavy atom. The lowest BCUT2D eigenvalue weighted by atomic mass is 10.1. The second-order valence-corrected chi connectivity index (χ2v) is 5.37. The van der Waals surface area contributed by atoms with Crippen LogP contribution in [0.3, 0.4) is 0 Å². The number of anilines is 1. The lowest BCUT2D eigenvalue weighted by Gasteiger charge is -2.12. The van der Waals surface area contributed by atoms with Gasteiger partial charge >= 0.3 is 5.97 Å². The van der Waals surface area contributed by atoms with Crippen LogP contribution in [0.15, 0.2) is 12.1 Å². The number of methoxy groups -OCH3 is 2. The Balaban J connectivity index is 2.68. The van der Waals surface area contributed by atoms with Crippen molar-refractivity contribution in [2.75, 3.05) is 38.1 Å². The van der Waals surface area contributed by atoms with Crippen molar-refractivity contribution in [2.45, 2.75) is 13.3 Å². The smallest absolute Gasteiger partial charge is 0.340 e. The molecule has 0 aliphatic heterocycles. The van der Waals surface area contributed by atoms with Crippen molar-refractivity contribution in [3.63, 3.8) is 0 Å². The predicted molar refractivity (Wildman–Crippen MR) is 81.9 cm³/mol. The van der Waals surface area contributed by atoms with E-state index in [0.29, 0.717) is 29.4 Å².